The third kappa shape index (κ3) is 2.95. The molecule has 1 aliphatic carbocycles. The summed E-state index contributed by atoms with van der Waals surface area (Å²) < 4.78 is 26.9. The van der Waals surface area contributed by atoms with Crippen molar-refractivity contribution in [1.29, 1.82) is 0 Å². The molecule has 2 fully saturated rings. The Morgan fingerprint density at radius 1 is 1.17 bits per heavy atom. The maximum Gasteiger partial charge on any atom is 0.247 e. The Morgan fingerprint density at radius 2 is 1.79 bits per heavy atom. The standard InChI is InChI=1S/C16H17F2N3O.C2H6/c17-12-4-9(5-13(18)6-12)14-1-2-20-21(14)16(22)15-10-3-11(15)8-19-7-10;1-2/h2,4-6,10-11,14-15,19H,1,3,7-8H2;1-2H3. The largest absolute Gasteiger partial charge is 0.316 e. The van der Waals surface area contributed by atoms with Crippen LogP contribution in [0.25, 0.3) is 0 Å². The number of nitrogens with zero attached hydrogens (tertiary/aromatic N) is 2. The lowest BCUT2D eigenvalue weighted by Crippen LogP contribution is -2.58. The van der Waals surface area contributed by atoms with Gasteiger partial charge in [-0.05, 0) is 49.0 Å². The van der Waals surface area contributed by atoms with Crippen LogP contribution >= 0.6 is 0 Å². The van der Waals surface area contributed by atoms with Crippen molar-refractivity contribution in [3.05, 3.63) is 35.4 Å². The van der Waals surface area contributed by atoms with Crippen molar-refractivity contribution in [2.45, 2.75) is 32.7 Å². The number of amides is 1. The SMILES string of the molecule is CC.O=C(C1C2CNCC1C2)N1N=CCC1c1cc(F)cc(F)c1. The van der Waals surface area contributed by atoms with E-state index in [2.05, 4.69) is 10.4 Å². The van der Waals surface area contributed by atoms with Crippen LogP contribution in [0.1, 0.15) is 38.3 Å². The number of piperidine rings is 2. The number of hydrogen-bond donors (Lipinski definition) is 1. The van der Waals surface area contributed by atoms with Crippen LogP contribution in [0.2, 0.25) is 0 Å². The van der Waals surface area contributed by atoms with Gasteiger partial charge < -0.3 is 5.32 Å². The lowest BCUT2D eigenvalue weighted by Gasteiger charge is -2.49. The van der Waals surface area contributed by atoms with E-state index in [1.54, 1.807) is 6.21 Å². The minimum Gasteiger partial charge on any atom is -0.316 e. The van der Waals surface area contributed by atoms with Crippen molar-refractivity contribution in [2.24, 2.45) is 22.9 Å². The highest BCUT2D eigenvalue weighted by Crippen LogP contribution is 2.45. The van der Waals surface area contributed by atoms with Gasteiger partial charge in [0, 0.05) is 24.6 Å². The maximum atomic E-state index is 13.4. The molecule has 0 aromatic heterocycles. The molecular formula is C18H23F2N3O. The maximum absolute atomic E-state index is 13.4. The zero-order chi connectivity index (χ0) is 17.3. The zero-order valence-electron chi connectivity index (χ0n) is 14.0. The van der Waals surface area contributed by atoms with Crippen LogP contribution in [0, 0.1) is 29.4 Å². The summed E-state index contributed by atoms with van der Waals surface area (Å²) in [7, 11) is 0. The van der Waals surface area contributed by atoms with Crippen LogP contribution in [0.5, 0.6) is 0 Å². The van der Waals surface area contributed by atoms with E-state index >= 15 is 0 Å². The molecule has 24 heavy (non-hydrogen) atoms. The Hall–Kier alpha value is -1.82. The van der Waals surface area contributed by atoms with Gasteiger partial charge in [0.1, 0.15) is 11.6 Å². The molecule has 1 aromatic carbocycles. The lowest BCUT2D eigenvalue weighted by molar-refractivity contribution is -0.149. The molecule has 2 heterocycles. The highest BCUT2D eigenvalue weighted by atomic mass is 19.1. The van der Waals surface area contributed by atoms with Crippen molar-refractivity contribution in [1.82, 2.24) is 10.3 Å². The molecule has 4 rings (SSSR count). The zero-order valence-corrected chi connectivity index (χ0v) is 14.0. The van der Waals surface area contributed by atoms with E-state index in [-0.39, 0.29) is 11.8 Å². The van der Waals surface area contributed by atoms with Gasteiger partial charge in [-0.15, -0.1) is 0 Å². The minimum atomic E-state index is -0.626. The molecule has 3 atom stereocenters. The smallest absolute Gasteiger partial charge is 0.247 e. The first-order valence-corrected chi connectivity index (χ1v) is 8.65. The van der Waals surface area contributed by atoms with Gasteiger partial charge in [0.05, 0.1) is 6.04 Å². The number of carbonyl (C=O) groups is 1. The molecule has 3 unspecified atom stereocenters. The van der Waals surface area contributed by atoms with Gasteiger partial charge >= 0.3 is 0 Å². The Labute approximate surface area is 140 Å². The molecule has 3 aliphatic rings. The molecule has 4 nitrogen and oxygen atoms in total. The molecule has 130 valence electrons. The summed E-state index contributed by atoms with van der Waals surface area (Å²) in [5.74, 6) is -0.527. The predicted octanol–water partition coefficient (Wildman–Crippen LogP) is 3.11. The molecule has 2 aliphatic heterocycles. The fourth-order valence-corrected chi connectivity index (χ4v) is 3.97. The number of fused-ring (bicyclic) bond motifs is 2. The lowest BCUT2D eigenvalue weighted by atomic mass is 9.61. The van der Waals surface area contributed by atoms with E-state index in [9.17, 15) is 13.6 Å². The van der Waals surface area contributed by atoms with Crippen LogP contribution in [0.3, 0.4) is 0 Å². The molecule has 1 saturated heterocycles. The molecule has 1 aromatic rings. The van der Waals surface area contributed by atoms with Gasteiger partial charge in [0.2, 0.25) is 5.91 Å². The fourth-order valence-electron chi connectivity index (χ4n) is 3.97. The van der Waals surface area contributed by atoms with E-state index in [4.69, 9.17) is 0 Å². The topological polar surface area (TPSA) is 44.7 Å². The van der Waals surface area contributed by atoms with E-state index in [0.29, 0.717) is 23.8 Å². The Bertz CT molecular complexity index is 615. The number of rotatable bonds is 2. The number of halogens is 2. The number of benzene rings is 1. The van der Waals surface area contributed by atoms with Gasteiger partial charge in [-0.25, -0.2) is 13.8 Å². The van der Waals surface area contributed by atoms with Gasteiger partial charge in [-0.2, -0.15) is 5.10 Å². The van der Waals surface area contributed by atoms with E-state index in [0.717, 1.165) is 25.6 Å². The summed E-state index contributed by atoms with van der Waals surface area (Å²) in [6.07, 6.45) is 3.23. The highest BCUT2D eigenvalue weighted by Gasteiger charge is 2.50. The molecule has 0 radical (unpaired) electrons. The normalized spacial score (nSPS) is 30.4. The number of carbonyl (C=O) groups excluding carboxylic acids is 1. The Morgan fingerprint density at radius 3 is 2.38 bits per heavy atom. The first-order valence-electron chi connectivity index (χ1n) is 8.65. The third-order valence-corrected chi connectivity index (χ3v) is 5.04. The quantitative estimate of drug-likeness (QED) is 0.903. The van der Waals surface area contributed by atoms with Gasteiger partial charge in [-0.3, -0.25) is 4.79 Å². The number of hydrogen-bond acceptors (Lipinski definition) is 3. The van der Waals surface area contributed by atoms with Crippen LogP contribution in [-0.4, -0.2) is 30.2 Å². The number of nitrogens with one attached hydrogen (secondary N) is 1. The summed E-state index contributed by atoms with van der Waals surface area (Å²) in [5, 5.41) is 8.92. The second kappa shape index (κ2) is 6.97. The average molecular weight is 335 g/mol. The van der Waals surface area contributed by atoms with Crippen LogP contribution in [-0.2, 0) is 4.79 Å². The summed E-state index contributed by atoms with van der Waals surface area (Å²) in [5.41, 5.74) is 0.464. The summed E-state index contributed by atoms with van der Waals surface area (Å²) in [6, 6.07) is 3.01. The first-order chi connectivity index (χ1) is 11.6. The average Bonchev–Trinajstić information content (AvgIpc) is 3.06. The van der Waals surface area contributed by atoms with E-state index < -0.39 is 17.7 Å². The van der Waals surface area contributed by atoms with Crippen molar-refractivity contribution < 1.29 is 13.6 Å². The van der Waals surface area contributed by atoms with E-state index in [1.165, 1.54) is 17.1 Å². The second-order valence-electron chi connectivity index (χ2n) is 6.38. The van der Waals surface area contributed by atoms with Crippen molar-refractivity contribution >= 4 is 12.1 Å². The Balaban J connectivity index is 0.000000815. The van der Waals surface area contributed by atoms with Crippen molar-refractivity contribution in [2.75, 3.05) is 13.1 Å². The second-order valence-corrected chi connectivity index (χ2v) is 6.38. The van der Waals surface area contributed by atoms with Gasteiger partial charge in [0.15, 0.2) is 0 Å². The van der Waals surface area contributed by atoms with Gasteiger partial charge in [0.25, 0.3) is 0 Å². The molecule has 1 saturated carbocycles. The molecule has 1 N–H and O–H groups in total. The van der Waals surface area contributed by atoms with E-state index in [1.807, 2.05) is 13.8 Å². The first kappa shape index (κ1) is 17.0. The Kier molecular flexibility index (Phi) is 4.94. The highest BCUT2D eigenvalue weighted by molar-refractivity contribution is 5.83. The summed E-state index contributed by atoms with van der Waals surface area (Å²) in [4.78, 5) is 12.8. The summed E-state index contributed by atoms with van der Waals surface area (Å²) in [6.45, 7) is 5.73. The predicted molar refractivity (Wildman–Crippen MR) is 88.4 cm³/mol. The molecule has 1 amide bonds. The molecular weight excluding hydrogens is 312 g/mol. The van der Waals surface area contributed by atoms with Crippen molar-refractivity contribution in [3.63, 3.8) is 0 Å². The van der Waals surface area contributed by atoms with Crippen LogP contribution in [0.15, 0.2) is 23.3 Å². The monoisotopic (exact) mass is 335 g/mol. The fraction of sp³-hybridized carbons (Fsp3) is 0.556. The molecule has 2 bridgehead atoms. The van der Waals surface area contributed by atoms with Gasteiger partial charge in [-0.1, -0.05) is 13.8 Å². The van der Waals surface area contributed by atoms with Crippen molar-refractivity contribution in [3.8, 4) is 0 Å². The number of hydrazone groups is 1. The third-order valence-electron chi connectivity index (χ3n) is 5.04. The summed E-state index contributed by atoms with van der Waals surface area (Å²) >= 11 is 0. The molecule has 0 spiro atoms. The minimum absolute atomic E-state index is 0.00240. The molecule has 6 heteroatoms. The van der Waals surface area contributed by atoms with Crippen LogP contribution < -0.4 is 5.32 Å². The van der Waals surface area contributed by atoms with Crippen LogP contribution in [0.4, 0.5) is 8.78 Å².